The largest absolute Gasteiger partial charge is 0.481 e. The monoisotopic (exact) mass is 414 g/mol. The van der Waals surface area contributed by atoms with Crippen LogP contribution in [0.3, 0.4) is 0 Å². The van der Waals surface area contributed by atoms with Crippen molar-refractivity contribution in [1.29, 1.82) is 0 Å². The van der Waals surface area contributed by atoms with Gasteiger partial charge in [0.15, 0.2) is 0 Å². The maximum atomic E-state index is 15.6. The van der Waals surface area contributed by atoms with Gasteiger partial charge in [-0.2, -0.15) is 0 Å². The number of carboxylic acid groups (broad SMARTS) is 1. The minimum absolute atomic E-state index is 0.00472. The zero-order chi connectivity index (χ0) is 21.2. The van der Waals surface area contributed by atoms with Crippen LogP contribution >= 0.6 is 0 Å². The number of hydrogen-bond acceptors (Lipinski definition) is 1. The Morgan fingerprint density at radius 1 is 1.07 bits per heavy atom. The minimum Gasteiger partial charge on any atom is -0.481 e. The lowest BCUT2D eigenvalue weighted by Gasteiger charge is -2.62. The summed E-state index contributed by atoms with van der Waals surface area (Å²) in [5.74, 6) is -3.69. The Kier molecular flexibility index (Phi) is 5.30. The minimum atomic E-state index is -2.71. The summed E-state index contributed by atoms with van der Waals surface area (Å²) in [4.78, 5) is 11.0. The number of carbonyl (C=O) groups is 1. The van der Waals surface area contributed by atoms with Gasteiger partial charge in [-0.25, -0.2) is 13.2 Å². The fourth-order valence-electron chi connectivity index (χ4n) is 8.63. The van der Waals surface area contributed by atoms with Crippen LogP contribution in [0.2, 0.25) is 0 Å². The summed E-state index contributed by atoms with van der Waals surface area (Å²) in [7, 11) is 0. The van der Waals surface area contributed by atoms with Crippen LogP contribution in [0, 0.1) is 46.3 Å². The second-order valence-corrected chi connectivity index (χ2v) is 11.4. The molecule has 0 aromatic rings. The van der Waals surface area contributed by atoms with E-state index in [0.29, 0.717) is 25.2 Å². The van der Waals surface area contributed by atoms with E-state index >= 15 is 8.78 Å². The molecule has 0 aromatic heterocycles. The summed E-state index contributed by atoms with van der Waals surface area (Å²) in [5.41, 5.74) is -0.272. The van der Waals surface area contributed by atoms with Crippen LogP contribution < -0.4 is 0 Å². The Bertz CT molecular complexity index is 652. The lowest BCUT2D eigenvalue weighted by atomic mass is 9.43. The van der Waals surface area contributed by atoms with Gasteiger partial charge in [-0.1, -0.05) is 20.8 Å². The van der Waals surface area contributed by atoms with E-state index < -0.39 is 24.0 Å². The number of fused-ring (bicyclic) bond motifs is 5. The van der Waals surface area contributed by atoms with Crippen molar-refractivity contribution in [2.45, 2.75) is 97.1 Å². The Morgan fingerprint density at radius 3 is 2.41 bits per heavy atom. The predicted molar refractivity (Wildman–Crippen MR) is 106 cm³/mol. The fourth-order valence-corrected chi connectivity index (χ4v) is 8.63. The highest BCUT2D eigenvalue weighted by molar-refractivity contribution is 5.66. The molecule has 4 fully saturated rings. The number of carboxylic acids is 1. The zero-order valence-corrected chi connectivity index (χ0v) is 18.1. The van der Waals surface area contributed by atoms with Crippen molar-refractivity contribution in [2.24, 2.45) is 46.3 Å². The second-order valence-electron chi connectivity index (χ2n) is 11.4. The number of aliphatic carboxylic acids is 1. The standard InChI is InChI=1S/C24H37F3O2/c1-14(4-7-20(28)29)17-5-6-18-21-19(9-11-23(17,18)3)22(2)10-8-16(25)12-15(22)13-24(21,26)27/h14-19,21H,4-13H2,1-3H3,(H,28,29)/t14-,15+,16+,17?,18+,19+,21+,22?,23-/m1/s1. The van der Waals surface area contributed by atoms with E-state index in [4.69, 9.17) is 5.11 Å². The molecule has 0 bridgehead atoms. The molecule has 0 amide bonds. The first-order valence-electron chi connectivity index (χ1n) is 11.7. The summed E-state index contributed by atoms with van der Waals surface area (Å²) < 4.78 is 45.3. The molecule has 1 N–H and O–H groups in total. The third-order valence-electron chi connectivity index (χ3n) is 10.2. The molecule has 4 aliphatic carbocycles. The van der Waals surface area contributed by atoms with Crippen molar-refractivity contribution in [1.82, 2.24) is 0 Å². The molecule has 5 heteroatoms. The zero-order valence-electron chi connectivity index (χ0n) is 18.1. The van der Waals surface area contributed by atoms with E-state index in [-0.39, 0.29) is 47.3 Å². The molecule has 4 rings (SSSR count). The topological polar surface area (TPSA) is 37.3 Å². The quantitative estimate of drug-likeness (QED) is 0.554. The molecule has 4 saturated carbocycles. The van der Waals surface area contributed by atoms with E-state index in [2.05, 4.69) is 20.8 Å². The Labute approximate surface area is 173 Å². The average molecular weight is 415 g/mol. The lowest BCUT2D eigenvalue weighted by molar-refractivity contribution is -0.236. The third-order valence-corrected chi connectivity index (χ3v) is 10.2. The predicted octanol–water partition coefficient (Wildman–Crippen LogP) is 6.73. The SMILES string of the molecule is C[C@H](CCC(=O)O)C1CC[C@H]2[C@H]3[C@H](CC[C@]12C)C1(C)CC[C@H](F)C[C@H]1CC3(F)F. The van der Waals surface area contributed by atoms with E-state index in [1.165, 1.54) is 0 Å². The molecule has 0 aromatic carbocycles. The van der Waals surface area contributed by atoms with Crippen LogP contribution in [0.1, 0.15) is 85.0 Å². The fraction of sp³-hybridized carbons (Fsp3) is 0.958. The number of alkyl halides is 3. The van der Waals surface area contributed by atoms with Crippen molar-refractivity contribution < 1.29 is 23.1 Å². The highest BCUT2D eigenvalue weighted by atomic mass is 19.3. The Morgan fingerprint density at radius 2 is 1.72 bits per heavy atom. The van der Waals surface area contributed by atoms with E-state index in [9.17, 15) is 9.18 Å². The molecular formula is C24H37F3O2. The number of hydrogen-bond donors (Lipinski definition) is 1. The van der Waals surface area contributed by atoms with Gasteiger partial charge in [-0.15, -0.1) is 0 Å². The first kappa shape index (κ1) is 21.5. The maximum absolute atomic E-state index is 15.6. The van der Waals surface area contributed by atoms with Crippen molar-refractivity contribution in [2.75, 3.05) is 0 Å². The van der Waals surface area contributed by atoms with Gasteiger partial charge in [0.05, 0.1) is 0 Å². The molecule has 0 heterocycles. The number of rotatable bonds is 4. The smallest absolute Gasteiger partial charge is 0.303 e. The molecule has 0 aliphatic heterocycles. The highest BCUT2D eigenvalue weighted by Crippen LogP contribution is 2.71. The van der Waals surface area contributed by atoms with Crippen molar-refractivity contribution >= 4 is 5.97 Å². The van der Waals surface area contributed by atoms with Crippen molar-refractivity contribution in [3.8, 4) is 0 Å². The molecule has 4 aliphatic rings. The Balaban J connectivity index is 1.60. The van der Waals surface area contributed by atoms with Gasteiger partial charge in [0.25, 0.3) is 5.92 Å². The third kappa shape index (κ3) is 3.33. The highest BCUT2D eigenvalue weighted by Gasteiger charge is 2.68. The van der Waals surface area contributed by atoms with E-state index in [1.807, 2.05) is 0 Å². The average Bonchev–Trinajstić information content (AvgIpc) is 2.98. The van der Waals surface area contributed by atoms with Gasteiger partial charge in [0.2, 0.25) is 0 Å². The molecule has 0 saturated heterocycles. The number of halogens is 3. The molecule has 166 valence electrons. The Hall–Kier alpha value is -0.740. The second kappa shape index (κ2) is 7.15. The summed E-state index contributed by atoms with van der Waals surface area (Å²) in [6.07, 6.45) is 4.86. The van der Waals surface area contributed by atoms with Crippen LogP contribution in [0.5, 0.6) is 0 Å². The van der Waals surface area contributed by atoms with Gasteiger partial charge in [0, 0.05) is 18.8 Å². The van der Waals surface area contributed by atoms with Crippen LogP contribution in [-0.4, -0.2) is 23.2 Å². The van der Waals surface area contributed by atoms with Crippen LogP contribution in [0.15, 0.2) is 0 Å². The molecule has 2 nitrogen and oxygen atoms in total. The van der Waals surface area contributed by atoms with E-state index in [1.54, 1.807) is 0 Å². The summed E-state index contributed by atoms with van der Waals surface area (Å²) in [6.45, 7) is 6.51. The summed E-state index contributed by atoms with van der Waals surface area (Å²) in [5, 5.41) is 9.06. The first-order valence-corrected chi connectivity index (χ1v) is 11.7. The summed E-state index contributed by atoms with van der Waals surface area (Å²) in [6, 6.07) is 0. The van der Waals surface area contributed by atoms with Gasteiger partial charge >= 0.3 is 5.97 Å². The maximum Gasteiger partial charge on any atom is 0.303 e. The van der Waals surface area contributed by atoms with Gasteiger partial charge in [-0.05, 0) is 91.8 Å². The molecule has 0 spiro atoms. The van der Waals surface area contributed by atoms with Crippen LogP contribution in [0.25, 0.3) is 0 Å². The van der Waals surface area contributed by atoms with Crippen LogP contribution in [-0.2, 0) is 4.79 Å². The molecule has 2 unspecified atom stereocenters. The summed E-state index contributed by atoms with van der Waals surface area (Å²) >= 11 is 0. The van der Waals surface area contributed by atoms with Gasteiger partial charge in [0.1, 0.15) is 6.17 Å². The molecular weight excluding hydrogens is 377 g/mol. The van der Waals surface area contributed by atoms with Gasteiger partial charge < -0.3 is 5.11 Å². The molecule has 29 heavy (non-hydrogen) atoms. The lowest BCUT2D eigenvalue weighted by Crippen LogP contribution is -2.60. The van der Waals surface area contributed by atoms with Gasteiger partial charge in [-0.3, -0.25) is 4.79 Å². The molecule has 0 radical (unpaired) electrons. The van der Waals surface area contributed by atoms with Crippen molar-refractivity contribution in [3.05, 3.63) is 0 Å². The first-order chi connectivity index (χ1) is 13.5. The molecule has 9 atom stereocenters. The van der Waals surface area contributed by atoms with Crippen LogP contribution in [0.4, 0.5) is 13.2 Å². The normalized spacial score (nSPS) is 49.6. The van der Waals surface area contributed by atoms with Crippen molar-refractivity contribution in [3.63, 3.8) is 0 Å². The van der Waals surface area contributed by atoms with E-state index in [0.717, 1.165) is 32.1 Å².